The lowest BCUT2D eigenvalue weighted by atomic mass is 10.2. The number of tetrazole rings is 1. The minimum atomic E-state index is 0.466. The first-order valence-corrected chi connectivity index (χ1v) is 6.94. The second-order valence-electron chi connectivity index (χ2n) is 4.20. The molecule has 2 rings (SSSR count). The van der Waals surface area contributed by atoms with Gasteiger partial charge in [0, 0.05) is 24.2 Å². The molecule has 1 N–H and O–H groups in total. The Hall–Kier alpha value is -1.53. The van der Waals surface area contributed by atoms with Crippen LogP contribution in [0.1, 0.15) is 18.9 Å². The predicted octanol–water partition coefficient (Wildman–Crippen LogP) is 2.92. The van der Waals surface area contributed by atoms with Crippen molar-refractivity contribution in [2.75, 3.05) is 11.9 Å². The van der Waals surface area contributed by atoms with Crippen LogP contribution in [-0.4, -0.2) is 26.8 Å². The fraction of sp³-hybridized carbons (Fsp3) is 0.417. The summed E-state index contributed by atoms with van der Waals surface area (Å²) in [4.78, 5) is 0. The monoisotopic (exact) mass is 315 g/mol. The fourth-order valence-electron chi connectivity index (χ4n) is 1.66. The van der Waals surface area contributed by atoms with Gasteiger partial charge in [0.25, 0.3) is 0 Å². The van der Waals surface area contributed by atoms with E-state index in [4.69, 9.17) is 27.9 Å². The number of hydrogen-bond donors (Lipinski definition) is 1. The summed E-state index contributed by atoms with van der Waals surface area (Å²) in [6, 6.07) is 3.48. The third-order valence-electron chi connectivity index (χ3n) is 2.59. The molecule has 0 aliphatic heterocycles. The summed E-state index contributed by atoms with van der Waals surface area (Å²) in [6.07, 6.45) is 0.902. The van der Waals surface area contributed by atoms with Gasteiger partial charge in [-0.05, 0) is 29.0 Å². The van der Waals surface area contributed by atoms with E-state index in [1.54, 1.807) is 17.8 Å². The van der Waals surface area contributed by atoms with Gasteiger partial charge >= 0.3 is 0 Å². The van der Waals surface area contributed by atoms with Gasteiger partial charge in [0.2, 0.25) is 5.95 Å². The topological polar surface area (TPSA) is 64.9 Å². The van der Waals surface area contributed by atoms with Crippen molar-refractivity contribution >= 4 is 29.2 Å². The summed E-state index contributed by atoms with van der Waals surface area (Å²) >= 11 is 12.2. The van der Waals surface area contributed by atoms with Crippen LogP contribution in [0.3, 0.4) is 0 Å². The largest absolute Gasteiger partial charge is 0.492 e. The zero-order chi connectivity index (χ0) is 14.5. The van der Waals surface area contributed by atoms with Crippen LogP contribution >= 0.6 is 23.2 Å². The standard InChI is InChI=1S/C12H15Cl2N5O/c1-3-4-20-11-8(5-9(13)6-10(11)14)7-15-12-16-17-18-19(12)2/h5-6H,3-4,7H2,1-2H3,(H,15,16,18). The molecule has 2 aromatic rings. The molecule has 0 spiro atoms. The Kier molecular flexibility index (Phi) is 5.03. The van der Waals surface area contributed by atoms with Crippen molar-refractivity contribution in [3.63, 3.8) is 0 Å². The molecule has 0 fully saturated rings. The fourth-order valence-corrected chi connectivity index (χ4v) is 2.25. The normalized spacial score (nSPS) is 10.6. The van der Waals surface area contributed by atoms with E-state index in [2.05, 4.69) is 20.8 Å². The first-order chi connectivity index (χ1) is 9.61. The molecule has 20 heavy (non-hydrogen) atoms. The van der Waals surface area contributed by atoms with Crippen LogP contribution in [0.5, 0.6) is 5.75 Å². The van der Waals surface area contributed by atoms with E-state index in [9.17, 15) is 0 Å². The maximum atomic E-state index is 6.18. The Labute approximate surface area is 127 Å². The van der Waals surface area contributed by atoms with Crippen molar-refractivity contribution in [1.82, 2.24) is 20.2 Å². The average Bonchev–Trinajstić information content (AvgIpc) is 2.80. The van der Waals surface area contributed by atoms with Crippen molar-refractivity contribution in [2.45, 2.75) is 19.9 Å². The van der Waals surface area contributed by atoms with Crippen LogP contribution < -0.4 is 10.1 Å². The molecule has 8 heteroatoms. The summed E-state index contributed by atoms with van der Waals surface area (Å²) in [6.45, 7) is 3.10. The first kappa shape index (κ1) is 14.9. The number of benzene rings is 1. The van der Waals surface area contributed by atoms with E-state index in [1.807, 2.05) is 13.0 Å². The molecule has 0 atom stereocenters. The molecule has 1 aromatic heterocycles. The molecule has 0 aliphatic carbocycles. The SMILES string of the molecule is CCCOc1c(Cl)cc(Cl)cc1CNc1nnnn1C. The zero-order valence-electron chi connectivity index (χ0n) is 11.2. The minimum absolute atomic E-state index is 0.466. The van der Waals surface area contributed by atoms with Crippen LogP contribution in [0.2, 0.25) is 10.0 Å². The predicted molar refractivity (Wildman–Crippen MR) is 78.4 cm³/mol. The van der Waals surface area contributed by atoms with Crippen molar-refractivity contribution in [3.05, 3.63) is 27.7 Å². The highest BCUT2D eigenvalue weighted by atomic mass is 35.5. The smallest absolute Gasteiger partial charge is 0.242 e. The van der Waals surface area contributed by atoms with E-state index in [-0.39, 0.29) is 0 Å². The minimum Gasteiger partial charge on any atom is -0.492 e. The maximum absolute atomic E-state index is 6.18. The quantitative estimate of drug-likeness (QED) is 0.887. The number of anilines is 1. The van der Waals surface area contributed by atoms with Crippen molar-refractivity contribution in [2.24, 2.45) is 7.05 Å². The number of aromatic nitrogens is 4. The van der Waals surface area contributed by atoms with Crippen LogP contribution in [0.15, 0.2) is 12.1 Å². The molecule has 108 valence electrons. The second-order valence-corrected chi connectivity index (χ2v) is 5.05. The van der Waals surface area contributed by atoms with Gasteiger partial charge in [-0.15, -0.1) is 0 Å². The third kappa shape index (κ3) is 3.52. The van der Waals surface area contributed by atoms with Gasteiger partial charge < -0.3 is 10.1 Å². The lowest BCUT2D eigenvalue weighted by Gasteiger charge is -2.14. The van der Waals surface area contributed by atoms with Gasteiger partial charge in [0.1, 0.15) is 5.75 Å². The Bertz CT molecular complexity index is 587. The molecule has 0 saturated heterocycles. The van der Waals surface area contributed by atoms with Gasteiger partial charge in [-0.2, -0.15) is 0 Å². The number of ether oxygens (including phenoxy) is 1. The highest BCUT2D eigenvalue weighted by Crippen LogP contribution is 2.33. The van der Waals surface area contributed by atoms with Crippen LogP contribution in [-0.2, 0) is 13.6 Å². The van der Waals surface area contributed by atoms with Gasteiger partial charge in [-0.25, -0.2) is 4.68 Å². The Morgan fingerprint density at radius 1 is 1.35 bits per heavy atom. The van der Waals surface area contributed by atoms with E-state index in [0.29, 0.717) is 34.9 Å². The van der Waals surface area contributed by atoms with Gasteiger partial charge in [-0.1, -0.05) is 35.2 Å². The average molecular weight is 316 g/mol. The Morgan fingerprint density at radius 2 is 2.15 bits per heavy atom. The summed E-state index contributed by atoms with van der Waals surface area (Å²) in [7, 11) is 1.75. The number of nitrogens with one attached hydrogen (secondary N) is 1. The highest BCUT2D eigenvalue weighted by molar-refractivity contribution is 6.35. The summed E-state index contributed by atoms with van der Waals surface area (Å²) in [5.41, 5.74) is 0.860. The first-order valence-electron chi connectivity index (χ1n) is 6.18. The lowest BCUT2D eigenvalue weighted by Crippen LogP contribution is -2.08. The number of halogens is 2. The van der Waals surface area contributed by atoms with Gasteiger partial charge in [0.15, 0.2) is 0 Å². The summed E-state index contributed by atoms with van der Waals surface area (Å²) in [5, 5.41) is 15.3. The lowest BCUT2D eigenvalue weighted by molar-refractivity contribution is 0.314. The van der Waals surface area contributed by atoms with Crippen molar-refractivity contribution in [3.8, 4) is 5.75 Å². The molecule has 0 unspecified atom stereocenters. The van der Waals surface area contributed by atoms with Gasteiger partial charge in [-0.3, -0.25) is 0 Å². The molecule has 0 amide bonds. The molecule has 6 nitrogen and oxygen atoms in total. The van der Waals surface area contributed by atoms with Crippen molar-refractivity contribution in [1.29, 1.82) is 0 Å². The number of rotatable bonds is 6. The summed E-state index contributed by atoms with van der Waals surface area (Å²) in [5.74, 6) is 1.20. The molecule has 0 aliphatic rings. The van der Waals surface area contributed by atoms with Crippen LogP contribution in [0, 0.1) is 0 Å². The molecular formula is C12H15Cl2N5O. The van der Waals surface area contributed by atoms with Crippen molar-refractivity contribution < 1.29 is 4.74 Å². The third-order valence-corrected chi connectivity index (χ3v) is 3.09. The van der Waals surface area contributed by atoms with E-state index in [1.165, 1.54) is 0 Å². The Balaban J connectivity index is 2.18. The molecule has 1 aromatic carbocycles. The molecule has 0 bridgehead atoms. The molecule has 1 heterocycles. The van der Waals surface area contributed by atoms with Crippen LogP contribution in [0.4, 0.5) is 5.95 Å². The van der Waals surface area contributed by atoms with E-state index < -0.39 is 0 Å². The molecule has 0 radical (unpaired) electrons. The number of nitrogens with zero attached hydrogens (tertiary/aromatic N) is 4. The Morgan fingerprint density at radius 3 is 2.80 bits per heavy atom. The van der Waals surface area contributed by atoms with E-state index in [0.717, 1.165) is 12.0 Å². The second kappa shape index (κ2) is 6.76. The van der Waals surface area contributed by atoms with E-state index >= 15 is 0 Å². The zero-order valence-corrected chi connectivity index (χ0v) is 12.7. The maximum Gasteiger partial charge on any atom is 0.242 e. The highest BCUT2D eigenvalue weighted by Gasteiger charge is 2.12. The summed E-state index contributed by atoms with van der Waals surface area (Å²) < 4.78 is 7.22. The molecular weight excluding hydrogens is 301 g/mol. The molecule has 0 saturated carbocycles. The van der Waals surface area contributed by atoms with Gasteiger partial charge in [0.05, 0.1) is 11.6 Å². The van der Waals surface area contributed by atoms with Crippen LogP contribution in [0.25, 0.3) is 0 Å². The number of aryl methyl sites for hydroxylation is 1. The number of hydrogen-bond acceptors (Lipinski definition) is 5.